The first-order valence-corrected chi connectivity index (χ1v) is 5.34. The van der Waals surface area contributed by atoms with Crippen LogP contribution in [0.3, 0.4) is 0 Å². The normalized spacial score (nSPS) is 25.2. The minimum atomic E-state index is -0.0825. The van der Waals surface area contributed by atoms with Gasteiger partial charge < -0.3 is 15.0 Å². The van der Waals surface area contributed by atoms with Crippen molar-refractivity contribution in [2.75, 3.05) is 6.54 Å². The summed E-state index contributed by atoms with van der Waals surface area (Å²) in [6.07, 6.45) is 1.14. The molecule has 0 aliphatic carbocycles. The van der Waals surface area contributed by atoms with E-state index in [9.17, 15) is 4.79 Å². The fraction of sp³-hybridized carbons (Fsp3) is 0.545. The van der Waals surface area contributed by atoms with Crippen molar-refractivity contribution < 1.29 is 4.74 Å². The number of pyridine rings is 1. The number of aromatic nitrogens is 1. The molecule has 82 valence electrons. The third kappa shape index (κ3) is 2.04. The van der Waals surface area contributed by atoms with Crippen molar-refractivity contribution >= 4 is 0 Å². The second-order valence-corrected chi connectivity index (χ2v) is 3.88. The summed E-state index contributed by atoms with van der Waals surface area (Å²) in [5.74, 6) is 0.791. The number of hydrogen-bond acceptors (Lipinski definition) is 3. The zero-order chi connectivity index (χ0) is 10.8. The molecule has 4 nitrogen and oxygen atoms in total. The Bertz CT molecular complexity index is 400. The molecule has 1 aliphatic heterocycles. The van der Waals surface area contributed by atoms with Gasteiger partial charge in [-0.05, 0) is 19.4 Å². The molecule has 2 N–H and O–H groups in total. The zero-order valence-electron chi connectivity index (χ0n) is 9.04. The Labute approximate surface area is 88.7 Å². The van der Waals surface area contributed by atoms with Crippen LogP contribution in [0.1, 0.15) is 32.0 Å². The largest absolute Gasteiger partial charge is 0.487 e. The van der Waals surface area contributed by atoms with Crippen LogP contribution in [0.2, 0.25) is 0 Å². The van der Waals surface area contributed by atoms with E-state index in [2.05, 4.69) is 17.2 Å². The van der Waals surface area contributed by atoms with Gasteiger partial charge in [-0.15, -0.1) is 0 Å². The van der Waals surface area contributed by atoms with Gasteiger partial charge in [-0.3, -0.25) is 4.79 Å². The molecule has 1 aromatic rings. The molecule has 1 aromatic heterocycles. The van der Waals surface area contributed by atoms with Crippen LogP contribution >= 0.6 is 0 Å². The first-order chi connectivity index (χ1) is 7.20. The van der Waals surface area contributed by atoms with Crippen LogP contribution in [0, 0.1) is 0 Å². The Morgan fingerprint density at radius 2 is 2.33 bits per heavy atom. The molecule has 2 atom stereocenters. The summed E-state index contributed by atoms with van der Waals surface area (Å²) >= 11 is 0. The average Bonchev–Trinajstić information content (AvgIpc) is 2.39. The highest BCUT2D eigenvalue weighted by Crippen LogP contribution is 2.25. The number of ether oxygens (including phenoxy) is 1. The van der Waals surface area contributed by atoms with Crippen LogP contribution in [-0.4, -0.2) is 17.6 Å². The maximum absolute atomic E-state index is 11.2. The first kappa shape index (κ1) is 10.2. The highest BCUT2D eigenvalue weighted by molar-refractivity contribution is 5.30. The Kier molecular flexibility index (Phi) is 2.77. The molecule has 1 aliphatic rings. The lowest BCUT2D eigenvalue weighted by molar-refractivity contribution is 0.200. The van der Waals surface area contributed by atoms with Crippen LogP contribution in [0.4, 0.5) is 0 Å². The summed E-state index contributed by atoms with van der Waals surface area (Å²) in [5, 5.41) is 3.33. The van der Waals surface area contributed by atoms with Crippen molar-refractivity contribution in [3.8, 4) is 5.75 Å². The minimum absolute atomic E-state index is 0.0825. The maximum atomic E-state index is 11.2. The molecule has 0 bridgehead atoms. The quantitative estimate of drug-likeness (QED) is 0.729. The van der Waals surface area contributed by atoms with Gasteiger partial charge in [0.15, 0.2) is 0 Å². The van der Waals surface area contributed by atoms with Crippen LogP contribution < -0.4 is 15.6 Å². The van der Waals surface area contributed by atoms with E-state index < -0.39 is 0 Å². The van der Waals surface area contributed by atoms with E-state index in [1.54, 1.807) is 6.07 Å². The van der Waals surface area contributed by atoms with Gasteiger partial charge in [0, 0.05) is 18.7 Å². The maximum Gasteiger partial charge on any atom is 0.248 e. The van der Waals surface area contributed by atoms with E-state index in [0.29, 0.717) is 0 Å². The second kappa shape index (κ2) is 4.06. The van der Waals surface area contributed by atoms with Crippen molar-refractivity contribution in [3.63, 3.8) is 0 Å². The molecule has 2 rings (SSSR count). The molecule has 1 unspecified atom stereocenters. The highest BCUT2D eigenvalue weighted by Gasteiger charge is 2.20. The monoisotopic (exact) mass is 208 g/mol. The topological polar surface area (TPSA) is 54.1 Å². The molecule has 0 amide bonds. The molecule has 4 heteroatoms. The molecule has 15 heavy (non-hydrogen) atoms. The average molecular weight is 208 g/mol. The molecule has 0 saturated carbocycles. The predicted octanol–water partition coefficient (Wildman–Crippen LogP) is 1.20. The summed E-state index contributed by atoms with van der Waals surface area (Å²) in [6.45, 7) is 4.93. The smallest absolute Gasteiger partial charge is 0.248 e. The number of fused-ring (bicyclic) bond motifs is 1. The van der Waals surface area contributed by atoms with Gasteiger partial charge in [-0.25, -0.2) is 0 Å². The molecule has 2 heterocycles. The Balaban J connectivity index is 2.39. The molecule has 0 spiro atoms. The summed E-state index contributed by atoms with van der Waals surface area (Å²) in [4.78, 5) is 14.0. The Hall–Kier alpha value is -1.29. The van der Waals surface area contributed by atoms with E-state index in [-0.39, 0.29) is 17.7 Å². The van der Waals surface area contributed by atoms with Crippen LogP contribution in [0.15, 0.2) is 16.9 Å². The third-order valence-corrected chi connectivity index (χ3v) is 2.74. The number of H-pyrrole nitrogens is 1. The number of aromatic amines is 1. The fourth-order valence-corrected chi connectivity index (χ4v) is 1.76. The van der Waals surface area contributed by atoms with Gasteiger partial charge in [-0.1, -0.05) is 6.92 Å². The highest BCUT2D eigenvalue weighted by atomic mass is 16.5. The van der Waals surface area contributed by atoms with E-state index in [1.165, 1.54) is 6.07 Å². The van der Waals surface area contributed by atoms with E-state index in [1.807, 2.05) is 6.92 Å². The van der Waals surface area contributed by atoms with Gasteiger partial charge >= 0.3 is 0 Å². The summed E-state index contributed by atoms with van der Waals surface area (Å²) in [7, 11) is 0. The molecule has 0 fully saturated rings. The van der Waals surface area contributed by atoms with Crippen molar-refractivity contribution in [1.29, 1.82) is 0 Å². The van der Waals surface area contributed by atoms with Gasteiger partial charge in [-0.2, -0.15) is 0 Å². The van der Waals surface area contributed by atoms with Crippen molar-refractivity contribution in [2.45, 2.75) is 32.4 Å². The van der Waals surface area contributed by atoms with Crippen LogP contribution in [0.5, 0.6) is 5.75 Å². The van der Waals surface area contributed by atoms with Crippen molar-refractivity contribution in [3.05, 3.63) is 28.2 Å². The molecular weight excluding hydrogens is 192 g/mol. The van der Waals surface area contributed by atoms with Crippen LogP contribution in [0.25, 0.3) is 0 Å². The summed E-state index contributed by atoms with van der Waals surface area (Å²) < 4.78 is 5.80. The van der Waals surface area contributed by atoms with E-state index in [0.717, 1.165) is 24.4 Å². The molecule has 0 radical (unpaired) electrons. The Morgan fingerprint density at radius 3 is 3.07 bits per heavy atom. The standard InChI is InChI=1S/C11H16N2O2/c1-3-8-6-12-7(2)11-9(15-8)4-5-10(14)13-11/h4-5,7-8,12H,3,6H2,1-2H3,(H,13,14)/t7?,8-/m1/s1. The van der Waals surface area contributed by atoms with Crippen molar-refractivity contribution in [1.82, 2.24) is 10.3 Å². The second-order valence-electron chi connectivity index (χ2n) is 3.88. The zero-order valence-corrected chi connectivity index (χ0v) is 9.04. The number of rotatable bonds is 1. The van der Waals surface area contributed by atoms with Crippen molar-refractivity contribution in [2.24, 2.45) is 0 Å². The third-order valence-electron chi connectivity index (χ3n) is 2.74. The lowest BCUT2D eigenvalue weighted by atomic mass is 10.2. The summed E-state index contributed by atoms with van der Waals surface area (Å²) in [5.41, 5.74) is 0.763. The van der Waals surface area contributed by atoms with Gasteiger partial charge in [0.25, 0.3) is 0 Å². The number of hydrogen-bond donors (Lipinski definition) is 2. The molecule has 0 aromatic carbocycles. The SMILES string of the molecule is CC[C@@H]1CNC(C)c2[nH]c(=O)ccc2O1. The van der Waals surface area contributed by atoms with Crippen LogP contribution in [-0.2, 0) is 0 Å². The predicted molar refractivity (Wildman–Crippen MR) is 58.2 cm³/mol. The first-order valence-electron chi connectivity index (χ1n) is 5.34. The lowest BCUT2D eigenvalue weighted by Crippen LogP contribution is -2.29. The lowest BCUT2D eigenvalue weighted by Gasteiger charge is -2.14. The molecule has 0 saturated heterocycles. The fourth-order valence-electron chi connectivity index (χ4n) is 1.76. The Morgan fingerprint density at radius 1 is 1.53 bits per heavy atom. The van der Waals surface area contributed by atoms with E-state index in [4.69, 9.17) is 4.74 Å². The minimum Gasteiger partial charge on any atom is -0.487 e. The number of nitrogens with one attached hydrogen (secondary N) is 2. The summed E-state index contributed by atoms with van der Waals surface area (Å²) in [6, 6.07) is 3.38. The van der Waals surface area contributed by atoms with Gasteiger partial charge in [0.2, 0.25) is 5.56 Å². The van der Waals surface area contributed by atoms with E-state index >= 15 is 0 Å². The molecular formula is C11H16N2O2. The van der Waals surface area contributed by atoms with Gasteiger partial charge in [0.1, 0.15) is 11.9 Å². The van der Waals surface area contributed by atoms with Gasteiger partial charge in [0.05, 0.1) is 5.69 Å².